The average Bonchev–Trinajstić information content (AvgIpc) is 3.04. The largest absolute Gasteiger partial charge is 0.345 e. The highest BCUT2D eigenvalue weighted by atomic mass is 15.3. The number of piperidine rings is 1. The van der Waals surface area contributed by atoms with Crippen LogP contribution in [0.2, 0.25) is 0 Å². The minimum Gasteiger partial charge on any atom is -0.345 e. The predicted octanol–water partition coefficient (Wildman–Crippen LogP) is 1.46. The summed E-state index contributed by atoms with van der Waals surface area (Å²) in [5, 5.41) is 12.2. The molecule has 0 aliphatic carbocycles. The zero-order chi connectivity index (χ0) is 12.8. The van der Waals surface area contributed by atoms with Crippen LogP contribution in [0.4, 0.5) is 0 Å². The van der Waals surface area contributed by atoms with E-state index in [1.165, 1.54) is 6.42 Å². The van der Waals surface area contributed by atoms with Gasteiger partial charge in [-0.15, -0.1) is 10.2 Å². The number of hydrogen-bond acceptors (Lipinski definition) is 4. The molecule has 6 heteroatoms. The highest BCUT2D eigenvalue weighted by molar-refractivity contribution is 5.74. The van der Waals surface area contributed by atoms with Gasteiger partial charge in [0.25, 0.3) is 0 Å². The molecule has 2 atom stereocenters. The second-order valence-corrected chi connectivity index (χ2v) is 5.21. The Labute approximate surface area is 110 Å². The van der Waals surface area contributed by atoms with E-state index < -0.39 is 0 Å². The molecule has 6 nitrogen and oxygen atoms in total. The molecule has 4 rings (SSSR count). The van der Waals surface area contributed by atoms with Crippen molar-refractivity contribution in [2.24, 2.45) is 0 Å². The molecule has 0 spiro atoms. The van der Waals surface area contributed by atoms with Crippen LogP contribution >= 0.6 is 0 Å². The fourth-order valence-corrected chi connectivity index (χ4v) is 3.03. The molecule has 19 heavy (non-hydrogen) atoms. The number of aromatic amines is 1. The van der Waals surface area contributed by atoms with Gasteiger partial charge in [0, 0.05) is 18.2 Å². The van der Waals surface area contributed by atoms with E-state index in [1.807, 2.05) is 12.3 Å². The SMILES string of the molecule is CC1NCCCC1c1nnc2cnc3[nH]ccc3n12. The maximum Gasteiger partial charge on any atom is 0.179 e. The third-order valence-corrected chi connectivity index (χ3v) is 4.06. The Kier molecular flexibility index (Phi) is 2.32. The van der Waals surface area contributed by atoms with Gasteiger partial charge in [0.05, 0.1) is 11.7 Å². The second-order valence-electron chi connectivity index (χ2n) is 5.21. The van der Waals surface area contributed by atoms with Crippen molar-refractivity contribution < 1.29 is 0 Å². The third kappa shape index (κ3) is 1.56. The van der Waals surface area contributed by atoms with Crippen molar-refractivity contribution in [3.8, 4) is 0 Å². The van der Waals surface area contributed by atoms with Gasteiger partial charge in [0.1, 0.15) is 5.82 Å². The van der Waals surface area contributed by atoms with Gasteiger partial charge in [-0.05, 0) is 32.4 Å². The smallest absolute Gasteiger partial charge is 0.179 e. The molecule has 0 aromatic carbocycles. The molecule has 0 radical (unpaired) electrons. The van der Waals surface area contributed by atoms with Gasteiger partial charge < -0.3 is 10.3 Å². The Hall–Kier alpha value is -1.95. The summed E-state index contributed by atoms with van der Waals surface area (Å²) in [6, 6.07) is 2.46. The number of nitrogens with one attached hydrogen (secondary N) is 2. The van der Waals surface area contributed by atoms with E-state index in [9.17, 15) is 0 Å². The van der Waals surface area contributed by atoms with E-state index in [0.29, 0.717) is 12.0 Å². The van der Waals surface area contributed by atoms with Crippen LogP contribution in [-0.2, 0) is 0 Å². The number of hydrogen-bond donors (Lipinski definition) is 2. The predicted molar refractivity (Wildman–Crippen MR) is 72.1 cm³/mol. The molecule has 4 heterocycles. The first-order valence-corrected chi connectivity index (χ1v) is 6.75. The summed E-state index contributed by atoms with van der Waals surface area (Å²) >= 11 is 0. The van der Waals surface area contributed by atoms with Gasteiger partial charge in [-0.2, -0.15) is 0 Å². The average molecular weight is 256 g/mol. The number of rotatable bonds is 1. The lowest BCUT2D eigenvalue weighted by Gasteiger charge is -2.28. The molecule has 2 N–H and O–H groups in total. The van der Waals surface area contributed by atoms with Gasteiger partial charge in [-0.1, -0.05) is 0 Å². The quantitative estimate of drug-likeness (QED) is 0.691. The van der Waals surface area contributed by atoms with Gasteiger partial charge in [0.15, 0.2) is 11.3 Å². The van der Waals surface area contributed by atoms with Crippen LogP contribution < -0.4 is 5.32 Å². The second kappa shape index (κ2) is 4.03. The first-order valence-electron chi connectivity index (χ1n) is 6.75. The Bertz CT molecular complexity index is 727. The van der Waals surface area contributed by atoms with Gasteiger partial charge in [0.2, 0.25) is 0 Å². The summed E-state index contributed by atoms with van der Waals surface area (Å²) in [6.45, 7) is 3.32. The first-order chi connectivity index (χ1) is 9.34. The van der Waals surface area contributed by atoms with Crippen molar-refractivity contribution in [3.63, 3.8) is 0 Å². The van der Waals surface area contributed by atoms with Crippen molar-refractivity contribution in [2.75, 3.05) is 6.54 Å². The Balaban J connectivity index is 1.96. The lowest BCUT2D eigenvalue weighted by Crippen LogP contribution is -2.38. The van der Waals surface area contributed by atoms with Gasteiger partial charge in [-0.3, -0.25) is 4.40 Å². The van der Waals surface area contributed by atoms with Crippen LogP contribution in [0, 0.1) is 0 Å². The van der Waals surface area contributed by atoms with Crippen LogP contribution in [0.15, 0.2) is 18.5 Å². The van der Waals surface area contributed by atoms with E-state index in [4.69, 9.17) is 0 Å². The number of fused-ring (bicyclic) bond motifs is 3. The van der Waals surface area contributed by atoms with E-state index >= 15 is 0 Å². The van der Waals surface area contributed by atoms with Crippen LogP contribution in [-0.4, -0.2) is 37.2 Å². The molecule has 1 saturated heterocycles. The molecule has 1 aliphatic heterocycles. The van der Waals surface area contributed by atoms with Crippen molar-refractivity contribution in [1.82, 2.24) is 29.9 Å². The summed E-state index contributed by atoms with van der Waals surface area (Å²) in [6.07, 6.45) is 6.02. The van der Waals surface area contributed by atoms with Crippen molar-refractivity contribution in [1.29, 1.82) is 0 Å². The highest BCUT2D eigenvalue weighted by Crippen LogP contribution is 2.28. The zero-order valence-corrected chi connectivity index (χ0v) is 10.8. The van der Waals surface area contributed by atoms with Crippen LogP contribution in [0.25, 0.3) is 16.8 Å². The van der Waals surface area contributed by atoms with E-state index in [0.717, 1.165) is 35.6 Å². The van der Waals surface area contributed by atoms with Crippen molar-refractivity contribution >= 4 is 16.8 Å². The maximum atomic E-state index is 4.42. The summed E-state index contributed by atoms with van der Waals surface area (Å²) < 4.78 is 2.13. The molecule has 0 amide bonds. The number of H-pyrrole nitrogens is 1. The molecule has 3 aromatic rings. The fourth-order valence-electron chi connectivity index (χ4n) is 3.03. The maximum absolute atomic E-state index is 4.42. The molecule has 1 aliphatic rings. The van der Waals surface area contributed by atoms with E-state index in [1.54, 1.807) is 6.20 Å². The van der Waals surface area contributed by atoms with E-state index in [2.05, 4.69) is 36.8 Å². The van der Waals surface area contributed by atoms with Crippen molar-refractivity contribution in [2.45, 2.75) is 31.7 Å². The molecular weight excluding hydrogens is 240 g/mol. The third-order valence-electron chi connectivity index (χ3n) is 4.06. The lowest BCUT2D eigenvalue weighted by molar-refractivity contribution is 0.358. The van der Waals surface area contributed by atoms with Crippen molar-refractivity contribution in [3.05, 3.63) is 24.3 Å². The van der Waals surface area contributed by atoms with Gasteiger partial charge >= 0.3 is 0 Å². The molecule has 0 bridgehead atoms. The zero-order valence-electron chi connectivity index (χ0n) is 10.8. The normalized spacial score (nSPS) is 24.3. The van der Waals surface area contributed by atoms with Crippen LogP contribution in [0.5, 0.6) is 0 Å². The Morgan fingerprint density at radius 1 is 1.37 bits per heavy atom. The first kappa shape index (κ1) is 10.9. The lowest BCUT2D eigenvalue weighted by atomic mass is 9.91. The fraction of sp³-hybridized carbons (Fsp3) is 0.462. The summed E-state index contributed by atoms with van der Waals surface area (Å²) in [5.74, 6) is 1.45. The minimum atomic E-state index is 0.407. The Morgan fingerprint density at radius 3 is 3.21 bits per heavy atom. The highest BCUT2D eigenvalue weighted by Gasteiger charge is 2.27. The molecule has 0 saturated carbocycles. The topological polar surface area (TPSA) is 70.9 Å². The monoisotopic (exact) mass is 256 g/mol. The molecule has 1 fully saturated rings. The molecule has 98 valence electrons. The van der Waals surface area contributed by atoms with Gasteiger partial charge in [-0.25, -0.2) is 4.98 Å². The summed E-state index contributed by atoms with van der Waals surface area (Å²) in [7, 11) is 0. The minimum absolute atomic E-state index is 0.407. The van der Waals surface area contributed by atoms with E-state index in [-0.39, 0.29) is 0 Å². The summed E-state index contributed by atoms with van der Waals surface area (Å²) in [5.41, 5.74) is 2.75. The Morgan fingerprint density at radius 2 is 2.32 bits per heavy atom. The van der Waals surface area contributed by atoms with Crippen LogP contribution in [0.1, 0.15) is 31.5 Å². The molecule has 3 aromatic heterocycles. The molecule has 2 unspecified atom stereocenters. The summed E-state index contributed by atoms with van der Waals surface area (Å²) in [4.78, 5) is 7.49. The number of nitrogens with zero attached hydrogens (tertiary/aromatic N) is 4. The number of aromatic nitrogens is 5. The molecular formula is C13H16N6. The standard InChI is InChI=1S/C13H16N6/c1-8-9(3-2-5-14-8)13-18-17-11-7-16-12-10(19(11)13)4-6-15-12/h4,6-9,14-15H,2-3,5H2,1H3. The van der Waals surface area contributed by atoms with Crippen LogP contribution in [0.3, 0.4) is 0 Å².